The van der Waals surface area contributed by atoms with E-state index in [-0.39, 0.29) is 17.9 Å². The van der Waals surface area contributed by atoms with Gasteiger partial charge in [0.1, 0.15) is 11.9 Å². The summed E-state index contributed by atoms with van der Waals surface area (Å²) in [6, 6.07) is 11.4. The Morgan fingerprint density at radius 1 is 1.17 bits per heavy atom. The van der Waals surface area contributed by atoms with Crippen LogP contribution in [0, 0.1) is 11.8 Å². The maximum atomic E-state index is 13.7. The van der Waals surface area contributed by atoms with Gasteiger partial charge in [-0.1, -0.05) is 50.8 Å². The minimum atomic E-state index is -0.884. The van der Waals surface area contributed by atoms with Gasteiger partial charge in [-0.05, 0) is 61.4 Å². The van der Waals surface area contributed by atoms with E-state index in [1.807, 2.05) is 30.3 Å². The molecule has 0 radical (unpaired) electrons. The SMILES string of the molecule is CCC[C@@H](NC(=O)N1C(=O)[C@H](Cc2ccnc(N)c2)[C@H]1C(=O)N(C)c1ccccc1)C1CCCCC1. The van der Waals surface area contributed by atoms with Crippen LogP contribution in [-0.2, 0) is 16.0 Å². The van der Waals surface area contributed by atoms with Gasteiger partial charge < -0.3 is 16.0 Å². The average molecular weight is 492 g/mol. The molecule has 3 atom stereocenters. The Hall–Kier alpha value is -3.42. The standard InChI is InChI=1S/C28H37N5O3/c1-3-10-23(20-11-6-4-7-12-20)31-28(36)33-25(27(35)32(2)21-13-8-5-9-14-21)22(26(33)34)17-19-15-16-30-24(29)18-19/h5,8-9,13-16,18,20,22-23,25H,3-4,6-7,10-12,17H2,1-2H3,(H2,29,30)(H,31,36)/t22-,23-,25+/m1/s1. The predicted molar refractivity (Wildman–Crippen MR) is 140 cm³/mol. The second-order valence-electron chi connectivity index (χ2n) is 10.0. The molecule has 8 nitrogen and oxygen atoms in total. The molecule has 2 heterocycles. The van der Waals surface area contributed by atoms with Crippen molar-refractivity contribution in [2.45, 2.75) is 70.4 Å². The lowest BCUT2D eigenvalue weighted by Crippen LogP contribution is -2.71. The summed E-state index contributed by atoms with van der Waals surface area (Å²) in [7, 11) is 1.68. The van der Waals surface area contributed by atoms with Gasteiger partial charge in [0.2, 0.25) is 5.91 Å². The molecule has 3 N–H and O–H groups in total. The zero-order chi connectivity index (χ0) is 25.7. The van der Waals surface area contributed by atoms with Gasteiger partial charge in [-0.3, -0.25) is 14.5 Å². The number of benzene rings is 1. The number of imide groups is 1. The van der Waals surface area contributed by atoms with Crippen LogP contribution >= 0.6 is 0 Å². The Labute approximate surface area is 213 Å². The van der Waals surface area contributed by atoms with Crippen LogP contribution in [0.15, 0.2) is 48.7 Å². The highest BCUT2D eigenvalue weighted by Crippen LogP contribution is 2.34. The number of anilines is 2. The molecule has 0 bridgehead atoms. The number of nitrogens with one attached hydrogen (secondary N) is 1. The van der Waals surface area contributed by atoms with Crippen molar-refractivity contribution in [3.05, 3.63) is 54.2 Å². The summed E-state index contributed by atoms with van der Waals surface area (Å²) in [4.78, 5) is 47.2. The summed E-state index contributed by atoms with van der Waals surface area (Å²) in [5.41, 5.74) is 7.35. The maximum Gasteiger partial charge on any atom is 0.325 e. The van der Waals surface area contributed by atoms with E-state index in [9.17, 15) is 14.4 Å². The number of likely N-dealkylation sites (tertiary alicyclic amines) is 1. The van der Waals surface area contributed by atoms with Gasteiger partial charge in [-0.15, -0.1) is 0 Å². The predicted octanol–water partition coefficient (Wildman–Crippen LogP) is 4.15. The topological polar surface area (TPSA) is 109 Å². The number of carbonyl (C=O) groups excluding carboxylic acids is 3. The number of carbonyl (C=O) groups is 3. The number of nitrogen functional groups attached to an aromatic ring is 1. The molecule has 1 aromatic carbocycles. The van der Waals surface area contributed by atoms with Gasteiger partial charge in [0.25, 0.3) is 5.91 Å². The highest BCUT2D eigenvalue weighted by Gasteiger charge is 2.55. The minimum absolute atomic E-state index is 0.0113. The third-order valence-electron chi connectivity index (χ3n) is 7.59. The van der Waals surface area contributed by atoms with Crippen molar-refractivity contribution in [2.24, 2.45) is 11.8 Å². The van der Waals surface area contributed by atoms with Crippen LogP contribution in [0.1, 0.15) is 57.4 Å². The number of rotatable bonds is 8. The molecule has 8 heteroatoms. The number of hydrogen-bond acceptors (Lipinski definition) is 5. The first-order valence-corrected chi connectivity index (χ1v) is 13.1. The van der Waals surface area contributed by atoms with Crippen molar-refractivity contribution in [1.82, 2.24) is 15.2 Å². The van der Waals surface area contributed by atoms with Gasteiger partial charge in [-0.2, -0.15) is 0 Å². The number of nitrogens with two attached hydrogens (primary N) is 1. The van der Waals surface area contributed by atoms with E-state index < -0.39 is 18.0 Å². The zero-order valence-corrected chi connectivity index (χ0v) is 21.2. The number of amides is 4. The first-order chi connectivity index (χ1) is 17.4. The Morgan fingerprint density at radius 3 is 2.56 bits per heavy atom. The van der Waals surface area contributed by atoms with Crippen LogP contribution in [0.3, 0.4) is 0 Å². The lowest BCUT2D eigenvalue weighted by Gasteiger charge is -2.46. The fourth-order valence-corrected chi connectivity index (χ4v) is 5.61. The first kappa shape index (κ1) is 25.7. The summed E-state index contributed by atoms with van der Waals surface area (Å²) in [5.74, 6) is -0.492. The highest BCUT2D eigenvalue weighted by atomic mass is 16.2. The van der Waals surface area contributed by atoms with E-state index in [1.54, 1.807) is 25.4 Å². The molecule has 2 aromatic rings. The van der Waals surface area contributed by atoms with Crippen molar-refractivity contribution in [1.29, 1.82) is 0 Å². The van der Waals surface area contributed by atoms with Crippen LogP contribution in [0.2, 0.25) is 0 Å². The number of β-lactam (4-membered cyclic amide) rings is 1. The molecule has 4 amide bonds. The van der Waals surface area contributed by atoms with E-state index >= 15 is 0 Å². The summed E-state index contributed by atoms with van der Waals surface area (Å²) in [6.45, 7) is 2.11. The van der Waals surface area contributed by atoms with Crippen molar-refractivity contribution >= 4 is 29.4 Å². The summed E-state index contributed by atoms with van der Waals surface area (Å²) in [6.07, 6.45) is 9.46. The minimum Gasteiger partial charge on any atom is -0.384 e. The number of aromatic nitrogens is 1. The fourth-order valence-electron chi connectivity index (χ4n) is 5.61. The fraction of sp³-hybridized carbons (Fsp3) is 0.500. The van der Waals surface area contributed by atoms with Gasteiger partial charge in [0, 0.05) is 25.0 Å². The molecule has 1 aliphatic carbocycles. The molecule has 1 aromatic heterocycles. The number of hydrogen-bond donors (Lipinski definition) is 2. The van der Waals surface area contributed by atoms with Crippen molar-refractivity contribution < 1.29 is 14.4 Å². The Bertz CT molecular complexity index is 1070. The smallest absolute Gasteiger partial charge is 0.325 e. The van der Waals surface area contributed by atoms with Gasteiger partial charge in [0.05, 0.1) is 5.92 Å². The van der Waals surface area contributed by atoms with E-state index in [0.29, 0.717) is 23.8 Å². The second kappa shape index (κ2) is 11.5. The quantitative estimate of drug-likeness (QED) is 0.539. The van der Waals surface area contributed by atoms with Crippen LogP contribution in [-0.4, -0.2) is 46.9 Å². The van der Waals surface area contributed by atoms with E-state index in [1.165, 1.54) is 24.2 Å². The van der Waals surface area contributed by atoms with Crippen LogP contribution < -0.4 is 16.0 Å². The third kappa shape index (κ3) is 5.53. The number of nitrogens with zero attached hydrogens (tertiary/aromatic N) is 3. The maximum absolute atomic E-state index is 13.7. The zero-order valence-electron chi connectivity index (χ0n) is 21.2. The van der Waals surface area contributed by atoms with Crippen molar-refractivity contribution in [3.8, 4) is 0 Å². The lowest BCUT2D eigenvalue weighted by atomic mass is 9.81. The van der Waals surface area contributed by atoms with Crippen molar-refractivity contribution in [2.75, 3.05) is 17.7 Å². The van der Waals surface area contributed by atoms with Crippen LogP contribution in [0.4, 0.5) is 16.3 Å². The Morgan fingerprint density at radius 2 is 1.89 bits per heavy atom. The highest BCUT2D eigenvalue weighted by molar-refractivity contribution is 6.12. The molecular weight excluding hydrogens is 454 g/mol. The molecule has 1 saturated heterocycles. The largest absolute Gasteiger partial charge is 0.384 e. The normalized spacial score (nSPS) is 20.9. The molecule has 0 spiro atoms. The Kier molecular flexibility index (Phi) is 8.23. The summed E-state index contributed by atoms with van der Waals surface area (Å²) >= 11 is 0. The van der Waals surface area contributed by atoms with Crippen LogP contribution in [0.25, 0.3) is 0 Å². The molecule has 1 aliphatic heterocycles. The van der Waals surface area contributed by atoms with E-state index in [0.717, 1.165) is 36.1 Å². The molecule has 2 aliphatic rings. The van der Waals surface area contributed by atoms with Gasteiger partial charge in [-0.25, -0.2) is 9.78 Å². The van der Waals surface area contributed by atoms with Crippen LogP contribution in [0.5, 0.6) is 0 Å². The van der Waals surface area contributed by atoms with E-state index in [2.05, 4.69) is 17.2 Å². The molecule has 1 saturated carbocycles. The molecular formula is C28H37N5O3. The second-order valence-corrected chi connectivity index (χ2v) is 10.0. The van der Waals surface area contributed by atoms with Gasteiger partial charge >= 0.3 is 6.03 Å². The third-order valence-corrected chi connectivity index (χ3v) is 7.59. The van der Waals surface area contributed by atoms with Gasteiger partial charge in [0.15, 0.2) is 0 Å². The molecule has 192 valence electrons. The molecule has 4 rings (SSSR count). The summed E-state index contributed by atoms with van der Waals surface area (Å²) in [5, 5.41) is 3.14. The van der Waals surface area contributed by atoms with E-state index in [4.69, 9.17) is 5.73 Å². The Balaban J connectivity index is 1.56. The number of pyridine rings is 1. The molecule has 36 heavy (non-hydrogen) atoms. The number of likely N-dealkylation sites (N-methyl/N-ethyl adjacent to an activating group) is 1. The molecule has 2 fully saturated rings. The van der Waals surface area contributed by atoms with Crippen molar-refractivity contribution in [3.63, 3.8) is 0 Å². The lowest BCUT2D eigenvalue weighted by molar-refractivity contribution is -0.156. The molecule has 0 unspecified atom stereocenters. The average Bonchev–Trinajstić information content (AvgIpc) is 2.90. The number of para-hydroxylation sites is 1. The summed E-state index contributed by atoms with van der Waals surface area (Å²) < 4.78 is 0. The first-order valence-electron chi connectivity index (χ1n) is 13.1. The monoisotopic (exact) mass is 491 g/mol. The number of urea groups is 1.